The van der Waals surface area contributed by atoms with Crippen LogP contribution in [0.15, 0.2) is 54.1 Å². The quantitative estimate of drug-likeness (QED) is 0.236. The van der Waals surface area contributed by atoms with E-state index in [0.717, 1.165) is 12.8 Å². The molecule has 1 atom stereocenters. The minimum Gasteiger partial charge on any atom is -0.507 e. The maximum absolute atomic E-state index is 13.0. The smallest absolute Gasteiger partial charge is 0.295 e. The van der Waals surface area contributed by atoms with Crippen molar-refractivity contribution in [3.8, 4) is 11.5 Å². The summed E-state index contributed by atoms with van der Waals surface area (Å²) in [6, 6.07) is 13.3. The van der Waals surface area contributed by atoms with Crippen LogP contribution in [0.2, 0.25) is 0 Å². The number of amides is 1. The molecule has 0 spiro atoms. The molecule has 1 heterocycles. The Morgan fingerprint density at radius 1 is 0.939 bits per heavy atom. The number of hydrogen-bond acceptors (Lipinski definition) is 6. The number of ether oxygens (including phenoxy) is 3. The SMILES string of the molecule is CCCCOc1ccc(C2/C(=C(/O)c3ccc(OCC)cc3)C(=O)C(=O)N2CCOC)cc1. The number of nitrogens with zero attached hydrogens (tertiary/aromatic N) is 1. The highest BCUT2D eigenvalue weighted by molar-refractivity contribution is 6.46. The number of aliphatic hydroxyl groups is 1. The van der Waals surface area contributed by atoms with Gasteiger partial charge in [0.15, 0.2) is 0 Å². The van der Waals surface area contributed by atoms with E-state index in [4.69, 9.17) is 14.2 Å². The van der Waals surface area contributed by atoms with Crippen molar-refractivity contribution >= 4 is 17.4 Å². The minimum absolute atomic E-state index is 0.0555. The first kappa shape index (κ1) is 24.3. The summed E-state index contributed by atoms with van der Waals surface area (Å²) >= 11 is 0. The molecular weight excluding hydrogens is 422 g/mol. The zero-order valence-electron chi connectivity index (χ0n) is 19.4. The molecule has 0 aromatic heterocycles. The molecule has 1 amide bonds. The number of Topliss-reactive ketones (excluding diaryl/α,β-unsaturated/α-hetero) is 1. The number of carbonyl (C=O) groups excluding carboxylic acids is 2. The molecule has 3 rings (SSSR count). The molecule has 1 aliphatic heterocycles. The van der Waals surface area contributed by atoms with Crippen molar-refractivity contribution in [1.82, 2.24) is 4.90 Å². The van der Waals surface area contributed by atoms with Crippen LogP contribution in [0, 0.1) is 0 Å². The number of unbranched alkanes of at least 4 members (excludes halogenated alkanes) is 1. The number of benzene rings is 2. The second kappa shape index (κ2) is 11.5. The summed E-state index contributed by atoms with van der Waals surface area (Å²) in [4.78, 5) is 27.3. The van der Waals surface area contributed by atoms with E-state index in [1.807, 2.05) is 31.2 Å². The largest absolute Gasteiger partial charge is 0.507 e. The van der Waals surface area contributed by atoms with Gasteiger partial charge in [0.05, 0.1) is 31.4 Å². The zero-order valence-corrected chi connectivity index (χ0v) is 19.4. The summed E-state index contributed by atoms with van der Waals surface area (Å²) in [7, 11) is 1.54. The number of hydrogen-bond donors (Lipinski definition) is 1. The maximum Gasteiger partial charge on any atom is 0.295 e. The average molecular weight is 454 g/mol. The van der Waals surface area contributed by atoms with Crippen LogP contribution in [0.5, 0.6) is 11.5 Å². The first-order valence-corrected chi connectivity index (χ1v) is 11.2. The lowest BCUT2D eigenvalue weighted by Gasteiger charge is -2.25. The fourth-order valence-electron chi connectivity index (χ4n) is 3.76. The molecule has 33 heavy (non-hydrogen) atoms. The van der Waals surface area contributed by atoms with E-state index in [9.17, 15) is 14.7 Å². The number of aliphatic hydroxyl groups excluding tert-OH is 1. The third-order valence-electron chi connectivity index (χ3n) is 5.48. The fourth-order valence-corrected chi connectivity index (χ4v) is 3.76. The molecule has 1 fully saturated rings. The van der Waals surface area contributed by atoms with Crippen molar-refractivity contribution in [2.75, 3.05) is 33.5 Å². The number of carbonyl (C=O) groups is 2. The van der Waals surface area contributed by atoms with Gasteiger partial charge in [0.2, 0.25) is 0 Å². The average Bonchev–Trinajstić information content (AvgIpc) is 3.08. The Labute approximate surface area is 194 Å². The van der Waals surface area contributed by atoms with Crippen molar-refractivity contribution in [3.05, 3.63) is 65.2 Å². The van der Waals surface area contributed by atoms with Gasteiger partial charge in [-0.3, -0.25) is 9.59 Å². The predicted octanol–water partition coefficient (Wildman–Crippen LogP) is 4.33. The molecule has 0 bridgehead atoms. The predicted molar refractivity (Wildman–Crippen MR) is 125 cm³/mol. The third kappa shape index (κ3) is 5.54. The summed E-state index contributed by atoms with van der Waals surface area (Å²) in [5.74, 6) is -0.222. The Morgan fingerprint density at radius 2 is 1.58 bits per heavy atom. The van der Waals surface area contributed by atoms with E-state index < -0.39 is 17.7 Å². The Kier molecular flexibility index (Phi) is 8.49. The van der Waals surface area contributed by atoms with Crippen molar-refractivity contribution < 1.29 is 28.9 Å². The van der Waals surface area contributed by atoms with Gasteiger partial charge in [0.1, 0.15) is 17.3 Å². The Hall–Kier alpha value is -3.32. The number of rotatable bonds is 11. The second-order valence-electron chi connectivity index (χ2n) is 7.71. The normalized spacial score (nSPS) is 17.4. The second-order valence-corrected chi connectivity index (χ2v) is 7.71. The van der Waals surface area contributed by atoms with E-state index in [-0.39, 0.29) is 24.5 Å². The topological polar surface area (TPSA) is 85.3 Å². The monoisotopic (exact) mass is 453 g/mol. The van der Waals surface area contributed by atoms with E-state index in [1.165, 1.54) is 12.0 Å². The van der Waals surface area contributed by atoms with Crippen LogP contribution in [-0.2, 0) is 14.3 Å². The highest BCUT2D eigenvalue weighted by atomic mass is 16.5. The molecule has 0 aliphatic carbocycles. The summed E-state index contributed by atoms with van der Waals surface area (Å²) in [6.45, 7) is 5.62. The molecule has 0 saturated carbocycles. The Morgan fingerprint density at radius 3 is 2.18 bits per heavy atom. The standard InChI is InChI=1S/C26H31NO6/c1-4-6-16-33-21-11-7-18(8-12-21)23-22(25(29)26(30)27(23)15-17-31-3)24(28)19-9-13-20(14-10-19)32-5-2/h7-14,23,28H,4-6,15-17H2,1-3H3/b24-22-. The van der Waals surface area contributed by atoms with E-state index in [1.54, 1.807) is 24.3 Å². The van der Waals surface area contributed by atoms with Crippen LogP contribution in [0.1, 0.15) is 43.9 Å². The summed E-state index contributed by atoms with van der Waals surface area (Å²) in [5.41, 5.74) is 1.20. The molecule has 2 aromatic carbocycles. The number of methoxy groups -OCH3 is 1. The number of likely N-dealkylation sites (tertiary alicyclic amines) is 1. The maximum atomic E-state index is 13.0. The summed E-state index contributed by atoms with van der Waals surface area (Å²) < 4.78 is 16.3. The van der Waals surface area contributed by atoms with Gasteiger partial charge in [-0.2, -0.15) is 0 Å². The summed E-state index contributed by atoms with van der Waals surface area (Å²) in [6.07, 6.45) is 2.00. The van der Waals surface area contributed by atoms with E-state index >= 15 is 0 Å². The fraction of sp³-hybridized carbons (Fsp3) is 0.385. The van der Waals surface area contributed by atoms with Crippen LogP contribution in [0.3, 0.4) is 0 Å². The lowest BCUT2D eigenvalue weighted by Crippen LogP contribution is -2.32. The molecule has 7 nitrogen and oxygen atoms in total. The molecule has 1 aliphatic rings. The third-order valence-corrected chi connectivity index (χ3v) is 5.48. The van der Waals surface area contributed by atoms with Crippen molar-refractivity contribution in [2.24, 2.45) is 0 Å². The molecule has 1 N–H and O–H groups in total. The first-order valence-electron chi connectivity index (χ1n) is 11.2. The van der Waals surface area contributed by atoms with Crippen molar-refractivity contribution in [3.63, 3.8) is 0 Å². The van der Waals surface area contributed by atoms with Gasteiger partial charge in [0.25, 0.3) is 11.7 Å². The van der Waals surface area contributed by atoms with Crippen LogP contribution < -0.4 is 9.47 Å². The molecule has 0 radical (unpaired) electrons. The van der Waals surface area contributed by atoms with Gasteiger partial charge in [-0.25, -0.2) is 0 Å². The molecular formula is C26H31NO6. The van der Waals surface area contributed by atoms with Gasteiger partial charge in [0, 0.05) is 19.2 Å². The first-order chi connectivity index (χ1) is 16.0. The van der Waals surface area contributed by atoms with Crippen LogP contribution >= 0.6 is 0 Å². The van der Waals surface area contributed by atoms with Crippen LogP contribution in [0.4, 0.5) is 0 Å². The van der Waals surface area contributed by atoms with Crippen molar-refractivity contribution in [1.29, 1.82) is 0 Å². The van der Waals surface area contributed by atoms with Crippen molar-refractivity contribution in [2.45, 2.75) is 32.7 Å². The summed E-state index contributed by atoms with van der Waals surface area (Å²) in [5, 5.41) is 11.1. The van der Waals surface area contributed by atoms with Gasteiger partial charge >= 0.3 is 0 Å². The van der Waals surface area contributed by atoms with Gasteiger partial charge in [-0.15, -0.1) is 0 Å². The Balaban J connectivity index is 2.00. The molecule has 7 heteroatoms. The van der Waals surface area contributed by atoms with Crippen LogP contribution in [-0.4, -0.2) is 55.2 Å². The number of ketones is 1. The zero-order chi connectivity index (χ0) is 23.8. The molecule has 2 aromatic rings. The van der Waals surface area contributed by atoms with E-state index in [2.05, 4.69) is 6.92 Å². The van der Waals surface area contributed by atoms with Gasteiger partial charge in [-0.1, -0.05) is 25.5 Å². The molecule has 1 unspecified atom stereocenters. The van der Waals surface area contributed by atoms with Gasteiger partial charge in [-0.05, 0) is 55.3 Å². The van der Waals surface area contributed by atoms with Crippen LogP contribution in [0.25, 0.3) is 5.76 Å². The highest BCUT2D eigenvalue weighted by Crippen LogP contribution is 2.39. The molecule has 1 saturated heterocycles. The highest BCUT2D eigenvalue weighted by Gasteiger charge is 2.45. The lowest BCUT2D eigenvalue weighted by molar-refractivity contribution is -0.140. The Bertz CT molecular complexity index is 981. The van der Waals surface area contributed by atoms with Gasteiger partial charge < -0.3 is 24.2 Å². The molecule has 176 valence electrons. The van der Waals surface area contributed by atoms with E-state index in [0.29, 0.717) is 35.8 Å². The lowest BCUT2D eigenvalue weighted by atomic mass is 9.95. The minimum atomic E-state index is -0.726.